The Morgan fingerprint density at radius 2 is 2.06 bits per heavy atom. The molecule has 0 bridgehead atoms. The van der Waals surface area contributed by atoms with Gasteiger partial charge in [0.25, 0.3) is 0 Å². The lowest BCUT2D eigenvalue weighted by Gasteiger charge is -2.18. The highest BCUT2D eigenvalue weighted by Gasteiger charge is 2.12. The lowest BCUT2D eigenvalue weighted by molar-refractivity contribution is 0.499. The van der Waals surface area contributed by atoms with Gasteiger partial charge in [0.1, 0.15) is 0 Å². The molecule has 1 aromatic heterocycles. The molecule has 16 heavy (non-hydrogen) atoms. The van der Waals surface area contributed by atoms with Crippen LogP contribution in [0.3, 0.4) is 0 Å². The van der Waals surface area contributed by atoms with Crippen molar-refractivity contribution in [3.05, 3.63) is 42.1 Å². The van der Waals surface area contributed by atoms with Crippen molar-refractivity contribution < 1.29 is 0 Å². The van der Waals surface area contributed by atoms with Gasteiger partial charge < -0.3 is 5.73 Å². The number of pyridine rings is 1. The molecule has 2 nitrogen and oxygen atoms in total. The lowest BCUT2D eigenvalue weighted by Crippen LogP contribution is -2.16. The summed E-state index contributed by atoms with van der Waals surface area (Å²) in [6, 6.07) is 10.5. The standard InChI is InChI=1S/C14H18N2/c1-10(9-15)11(2)12-5-6-14-13(8-12)4-3-7-16-14/h3-8,10-11H,9,15H2,1-2H3. The fraction of sp³-hybridized carbons (Fsp3) is 0.357. The van der Waals surface area contributed by atoms with Gasteiger partial charge in [-0.3, -0.25) is 4.98 Å². The fourth-order valence-electron chi connectivity index (χ4n) is 1.91. The van der Waals surface area contributed by atoms with Crippen molar-refractivity contribution in [1.29, 1.82) is 0 Å². The van der Waals surface area contributed by atoms with E-state index in [0.29, 0.717) is 11.8 Å². The number of hydrogen-bond acceptors (Lipinski definition) is 2. The first kappa shape index (κ1) is 11.1. The molecule has 0 saturated heterocycles. The highest BCUT2D eigenvalue weighted by Crippen LogP contribution is 2.25. The van der Waals surface area contributed by atoms with Crippen molar-refractivity contribution in [3.8, 4) is 0 Å². The molecule has 2 atom stereocenters. The third-order valence-electron chi connectivity index (χ3n) is 3.38. The summed E-state index contributed by atoms with van der Waals surface area (Å²) >= 11 is 0. The smallest absolute Gasteiger partial charge is 0.0702 e. The maximum absolute atomic E-state index is 5.71. The Hall–Kier alpha value is -1.41. The van der Waals surface area contributed by atoms with Crippen molar-refractivity contribution >= 4 is 10.9 Å². The summed E-state index contributed by atoms with van der Waals surface area (Å²) in [5.41, 5.74) is 8.11. The quantitative estimate of drug-likeness (QED) is 0.853. The lowest BCUT2D eigenvalue weighted by atomic mass is 9.88. The molecule has 1 heterocycles. The zero-order chi connectivity index (χ0) is 11.5. The molecule has 2 N–H and O–H groups in total. The zero-order valence-electron chi connectivity index (χ0n) is 9.85. The van der Waals surface area contributed by atoms with Gasteiger partial charge in [0.05, 0.1) is 5.52 Å². The van der Waals surface area contributed by atoms with Gasteiger partial charge >= 0.3 is 0 Å². The predicted molar refractivity (Wildman–Crippen MR) is 68.4 cm³/mol. The van der Waals surface area contributed by atoms with E-state index >= 15 is 0 Å². The van der Waals surface area contributed by atoms with Crippen molar-refractivity contribution in [2.75, 3.05) is 6.54 Å². The van der Waals surface area contributed by atoms with E-state index in [9.17, 15) is 0 Å². The van der Waals surface area contributed by atoms with Crippen molar-refractivity contribution in [1.82, 2.24) is 4.98 Å². The minimum absolute atomic E-state index is 0.495. The predicted octanol–water partition coefficient (Wildman–Crippen LogP) is 2.93. The van der Waals surface area contributed by atoms with Gasteiger partial charge in [-0.2, -0.15) is 0 Å². The van der Waals surface area contributed by atoms with Crippen LogP contribution in [-0.2, 0) is 0 Å². The summed E-state index contributed by atoms with van der Waals surface area (Å²) in [6.45, 7) is 5.15. The Morgan fingerprint density at radius 1 is 1.25 bits per heavy atom. The minimum Gasteiger partial charge on any atom is -0.330 e. The Balaban J connectivity index is 2.39. The first-order chi connectivity index (χ1) is 7.72. The summed E-state index contributed by atoms with van der Waals surface area (Å²) in [4.78, 5) is 4.32. The van der Waals surface area contributed by atoms with E-state index in [1.807, 2.05) is 12.3 Å². The molecular formula is C14H18N2. The van der Waals surface area contributed by atoms with E-state index in [4.69, 9.17) is 5.73 Å². The number of nitrogens with zero attached hydrogens (tertiary/aromatic N) is 1. The van der Waals surface area contributed by atoms with Crippen LogP contribution in [0.1, 0.15) is 25.3 Å². The molecule has 1 aromatic carbocycles. The van der Waals surface area contributed by atoms with Crippen molar-refractivity contribution in [2.45, 2.75) is 19.8 Å². The summed E-state index contributed by atoms with van der Waals surface area (Å²) in [6.07, 6.45) is 1.83. The summed E-state index contributed by atoms with van der Waals surface area (Å²) in [5.74, 6) is 1.00. The molecule has 2 rings (SSSR count). The van der Waals surface area contributed by atoms with Gasteiger partial charge in [-0.05, 0) is 42.1 Å². The molecule has 2 heteroatoms. The van der Waals surface area contributed by atoms with E-state index in [2.05, 4.69) is 43.1 Å². The van der Waals surface area contributed by atoms with E-state index in [1.54, 1.807) is 0 Å². The minimum atomic E-state index is 0.495. The molecule has 0 amide bonds. The third kappa shape index (κ3) is 2.07. The van der Waals surface area contributed by atoms with Crippen LogP contribution in [0.5, 0.6) is 0 Å². The van der Waals surface area contributed by atoms with Crippen LogP contribution < -0.4 is 5.73 Å². The molecule has 0 fully saturated rings. The first-order valence-corrected chi connectivity index (χ1v) is 5.77. The molecule has 0 spiro atoms. The van der Waals surface area contributed by atoms with Gasteiger partial charge in [0.2, 0.25) is 0 Å². The SMILES string of the molecule is CC(CN)C(C)c1ccc2ncccc2c1. The van der Waals surface area contributed by atoms with Gasteiger partial charge in [0, 0.05) is 11.6 Å². The van der Waals surface area contributed by atoms with Gasteiger partial charge in [0.15, 0.2) is 0 Å². The highest BCUT2D eigenvalue weighted by molar-refractivity contribution is 5.79. The molecule has 0 aliphatic heterocycles. The van der Waals surface area contributed by atoms with Gasteiger partial charge in [-0.15, -0.1) is 0 Å². The molecule has 0 aliphatic rings. The summed E-state index contributed by atoms with van der Waals surface area (Å²) < 4.78 is 0. The monoisotopic (exact) mass is 214 g/mol. The second-order valence-electron chi connectivity index (χ2n) is 4.46. The maximum atomic E-state index is 5.71. The van der Waals surface area contributed by atoms with Crippen LogP contribution in [0, 0.1) is 5.92 Å². The zero-order valence-corrected chi connectivity index (χ0v) is 9.85. The van der Waals surface area contributed by atoms with Crippen LogP contribution in [-0.4, -0.2) is 11.5 Å². The van der Waals surface area contributed by atoms with E-state index in [1.165, 1.54) is 10.9 Å². The topological polar surface area (TPSA) is 38.9 Å². The van der Waals surface area contributed by atoms with Crippen molar-refractivity contribution in [3.63, 3.8) is 0 Å². The number of aromatic nitrogens is 1. The van der Waals surface area contributed by atoms with Crippen LogP contribution in [0.4, 0.5) is 0 Å². The molecule has 0 saturated carbocycles. The average molecular weight is 214 g/mol. The van der Waals surface area contributed by atoms with Gasteiger partial charge in [-0.1, -0.05) is 26.0 Å². The Kier molecular flexibility index (Phi) is 3.20. The van der Waals surface area contributed by atoms with Crippen LogP contribution in [0.25, 0.3) is 10.9 Å². The molecule has 0 aliphatic carbocycles. The van der Waals surface area contributed by atoms with Crippen LogP contribution >= 0.6 is 0 Å². The number of fused-ring (bicyclic) bond motifs is 1. The normalized spacial score (nSPS) is 14.9. The molecule has 84 valence electrons. The Bertz CT molecular complexity index is 479. The highest BCUT2D eigenvalue weighted by atomic mass is 14.6. The van der Waals surface area contributed by atoms with E-state index < -0.39 is 0 Å². The number of nitrogens with two attached hydrogens (primary N) is 1. The largest absolute Gasteiger partial charge is 0.330 e. The molecule has 2 unspecified atom stereocenters. The van der Waals surface area contributed by atoms with Crippen LogP contribution in [0.2, 0.25) is 0 Å². The second kappa shape index (κ2) is 4.62. The Labute approximate surface area is 96.5 Å². The second-order valence-corrected chi connectivity index (χ2v) is 4.46. The fourth-order valence-corrected chi connectivity index (χ4v) is 1.91. The molecular weight excluding hydrogens is 196 g/mol. The van der Waals surface area contributed by atoms with E-state index in [0.717, 1.165) is 12.1 Å². The molecule has 2 aromatic rings. The number of hydrogen-bond donors (Lipinski definition) is 1. The Morgan fingerprint density at radius 3 is 2.81 bits per heavy atom. The van der Waals surface area contributed by atoms with E-state index in [-0.39, 0.29) is 0 Å². The number of benzene rings is 1. The maximum Gasteiger partial charge on any atom is 0.0702 e. The molecule has 0 radical (unpaired) electrons. The van der Waals surface area contributed by atoms with Crippen molar-refractivity contribution in [2.24, 2.45) is 11.7 Å². The third-order valence-corrected chi connectivity index (χ3v) is 3.38. The average Bonchev–Trinajstić information content (AvgIpc) is 2.36. The summed E-state index contributed by atoms with van der Waals surface area (Å²) in [5, 5.41) is 1.20. The number of rotatable bonds is 3. The van der Waals surface area contributed by atoms with Gasteiger partial charge in [-0.25, -0.2) is 0 Å². The summed E-state index contributed by atoms with van der Waals surface area (Å²) in [7, 11) is 0. The van der Waals surface area contributed by atoms with Crippen LogP contribution in [0.15, 0.2) is 36.5 Å². The first-order valence-electron chi connectivity index (χ1n) is 5.77.